The van der Waals surface area contributed by atoms with E-state index in [1.54, 1.807) is 19.2 Å². The zero-order valence-corrected chi connectivity index (χ0v) is 31.6. The van der Waals surface area contributed by atoms with Crippen LogP contribution in [0.15, 0.2) is 76.5 Å². The summed E-state index contributed by atoms with van der Waals surface area (Å²) in [5.41, 5.74) is 4.20. The molecule has 1 aliphatic carbocycles. The summed E-state index contributed by atoms with van der Waals surface area (Å²) in [6.45, 7) is 4.26. The average Bonchev–Trinajstić information content (AvgIpc) is 3.72. The van der Waals surface area contributed by atoms with Gasteiger partial charge in [-0.05, 0) is 60.9 Å². The summed E-state index contributed by atoms with van der Waals surface area (Å²) in [6.07, 6.45) is 4.50. The summed E-state index contributed by atoms with van der Waals surface area (Å²) < 4.78 is 42.8. The number of fused-ring (bicyclic) bond motifs is 3. The highest BCUT2D eigenvalue weighted by Gasteiger charge is 2.45. The van der Waals surface area contributed by atoms with Crippen molar-refractivity contribution in [1.82, 2.24) is 19.5 Å². The first-order chi connectivity index (χ1) is 26.6. The van der Waals surface area contributed by atoms with Crippen LogP contribution in [0.4, 0.5) is 5.82 Å². The number of anilines is 1. The van der Waals surface area contributed by atoms with Gasteiger partial charge in [0, 0.05) is 35.2 Å². The topological polar surface area (TPSA) is 201 Å². The number of ether oxygens (including phenoxy) is 2. The molecule has 0 amide bonds. The maximum absolute atomic E-state index is 13.2. The van der Waals surface area contributed by atoms with E-state index in [9.17, 15) is 24.5 Å². The minimum atomic E-state index is -4.81. The Morgan fingerprint density at radius 3 is 2.51 bits per heavy atom. The lowest BCUT2D eigenvalue weighted by molar-refractivity contribution is -0.0501. The number of hydrogen-bond acceptors (Lipinski definition) is 13. The summed E-state index contributed by atoms with van der Waals surface area (Å²) in [5, 5.41) is 25.8. The van der Waals surface area contributed by atoms with Crippen molar-refractivity contribution < 1.29 is 42.6 Å². The molecular formula is C39H44N5O10P. The van der Waals surface area contributed by atoms with Crippen molar-refractivity contribution >= 4 is 35.8 Å². The number of nitrogens with one attached hydrogen (secondary N) is 1. The highest BCUT2D eigenvalue weighted by molar-refractivity contribution is 7.47. The number of nitrogens with zero attached hydrogens (tertiary/aromatic N) is 4. The first-order valence-electron chi connectivity index (χ1n) is 18.3. The Bertz CT molecular complexity index is 2370. The summed E-state index contributed by atoms with van der Waals surface area (Å²) in [7, 11) is -3.22. The lowest BCUT2D eigenvalue weighted by atomic mass is 9.91. The van der Waals surface area contributed by atoms with Gasteiger partial charge in [0.25, 0.3) is 0 Å². The van der Waals surface area contributed by atoms with E-state index >= 15 is 0 Å². The molecule has 290 valence electrons. The zero-order valence-electron chi connectivity index (χ0n) is 30.8. The van der Waals surface area contributed by atoms with E-state index in [0.717, 1.165) is 29.5 Å². The lowest BCUT2D eigenvalue weighted by Crippen LogP contribution is -2.33. The third-order valence-electron chi connectivity index (χ3n) is 9.78. The molecule has 1 unspecified atom stereocenters. The highest BCUT2D eigenvalue weighted by Crippen LogP contribution is 2.47. The van der Waals surface area contributed by atoms with Crippen LogP contribution in [0.2, 0.25) is 0 Å². The molecule has 0 saturated carbocycles. The molecule has 4 N–H and O–H groups in total. The first-order valence-corrected chi connectivity index (χ1v) is 19.8. The molecule has 2 aromatic carbocycles. The normalized spacial score (nSPS) is 19.6. The highest BCUT2D eigenvalue weighted by atomic mass is 31.2. The van der Waals surface area contributed by atoms with Gasteiger partial charge in [0.05, 0.1) is 20.0 Å². The first kappa shape index (κ1) is 38.4. The van der Waals surface area contributed by atoms with Gasteiger partial charge in [0.1, 0.15) is 47.5 Å². The molecule has 0 radical (unpaired) electrons. The van der Waals surface area contributed by atoms with Gasteiger partial charge >= 0.3 is 7.82 Å². The third kappa shape index (κ3) is 8.23. The number of benzene rings is 3. The predicted octanol–water partition coefficient (Wildman–Crippen LogP) is 6.61. The lowest BCUT2D eigenvalue weighted by Gasteiger charge is -2.19. The number of aryl methyl sites for hydroxylation is 1. The van der Waals surface area contributed by atoms with Crippen LogP contribution in [-0.2, 0) is 13.8 Å². The molecule has 0 bridgehead atoms. The van der Waals surface area contributed by atoms with Crippen molar-refractivity contribution in [3.05, 3.63) is 83.0 Å². The third-order valence-corrected chi connectivity index (χ3v) is 10.7. The number of imidazole rings is 1. The summed E-state index contributed by atoms with van der Waals surface area (Å²) >= 11 is 0. The number of aliphatic hydroxyl groups excluding tert-OH is 2. The molecule has 55 heavy (non-hydrogen) atoms. The van der Waals surface area contributed by atoms with E-state index in [1.807, 2.05) is 25.1 Å². The molecule has 3 aliphatic rings. The molecule has 2 aliphatic heterocycles. The van der Waals surface area contributed by atoms with E-state index in [2.05, 4.69) is 27.2 Å². The van der Waals surface area contributed by atoms with Gasteiger partial charge in [0.15, 0.2) is 28.6 Å². The number of methoxy groups -OCH3 is 1. The Kier molecular flexibility index (Phi) is 11.5. The number of hydrogen-bond donors (Lipinski definition) is 4. The Balaban J connectivity index is 1.04. The molecule has 7 rings (SSSR count). The Morgan fingerprint density at radius 2 is 1.71 bits per heavy atom. The van der Waals surface area contributed by atoms with Crippen molar-refractivity contribution in [2.45, 2.75) is 76.9 Å². The fourth-order valence-electron chi connectivity index (χ4n) is 6.94. The SMILES string of the molecule is CCCCCCCCNc1ncnc2c1ncn2[C@@H]1O[C@H](COP(=O)(O)Oc2ccc3c(-c4ccc(OC)cc4C)c4ccc(=O)cc-4oc3c2)[C@@H](O)[C@H]1O. The van der Waals surface area contributed by atoms with Crippen molar-refractivity contribution in [3.8, 4) is 33.9 Å². The fourth-order valence-corrected chi connectivity index (χ4v) is 7.71. The minimum Gasteiger partial charge on any atom is -0.497 e. The number of phosphoric ester groups is 1. The number of rotatable bonds is 16. The van der Waals surface area contributed by atoms with Gasteiger partial charge in [0.2, 0.25) is 0 Å². The smallest absolute Gasteiger partial charge is 0.497 e. The van der Waals surface area contributed by atoms with Crippen LogP contribution in [0.25, 0.3) is 44.6 Å². The summed E-state index contributed by atoms with van der Waals surface area (Å²) in [6, 6.07) is 14.8. The van der Waals surface area contributed by atoms with E-state index in [0.29, 0.717) is 51.6 Å². The molecule has 2 aromatic heterocycles. The van der Waals surface area contributed by atoms with Crippen molar-refractivity contribution in [2.75, 3.05) is 25.6 Å². The van der Waals surface area contributed by atoms with Crippen LogP contribution < -0.4 is 20.0 Å². The molecule has 4 aromatic rings. The fraction of sp³-hybridized carbons (Fsp3) is 0.385. The van der Waals surface area contributed by atoms with E-state index in [1.165, 1.54) is 67.2 Å². The molecule has 5 atom stereocenters. The molecule has 4 heterocycles. The number of unbranched alkanes of at least 4 members (excludes halogenated alkanes) is 5. The average molecular weight is 774 g/mol. The van der Waals surface area contributed by atoms with Gasteiger partial charge in [-0.25, -0.2) is 19.5 Å². The van der Waals surface area contributed by atoms with Crippen LogP contribution in [-0.4, -0.2) is 73.2 Å². The van der Waals surface area contributed by atoms with Crippen molar-refractivity contribution in [3.63, 3.8) is 0 Å². The minimum absolute atomic E-state index is 0.0478. The van der Waals surface area contributed by atoms with Gasteiger partial charge in [-0.3, -0.25) is 18.8 Å². The molecule has 0 spiro atoms. The molecule has 16 heteroatoms. The number of phosphoric acid groups is 1. The second kappa shape index (κ2) is 16.5. The van der Waals surface area contributed by atoms with E-state index in [4.69, 9.17) is 22.9 Å². The maximum Gasteiger partial charge on any atom is 0.527 e. The standard InChI is InChI=1S/C39H44N5O10P/c1-4-5-6-7-8-9-16-40-37-34-38(42-21-41-37)44(22-43-34)39-36(47)35(46)32(53-39)20-51-55(48,49)54-26-12-15-29-31(19-26)52-30-18-24(45)10-13-28(30)33(29)27-14-11-25(50-3)17-23(27)2/h10-15,17-19,21-22,32,35-36,39,46-47H,4-9,16,20H2,1-3H3,(H,48,49)(H,40,41,42)/t32-,35-,36-,39-/m1/s1. The van der Waals surface area contributed by atoms with Crippen molar-refractivity contribution in [1.29, 1.82) is 0 Å². The van der Waals surface area contributed by atoms with E-state index in [-0.39, 0.29) is 11.2 Å². The van der Waals surface area contributed by atoms with Crippen LogP contribution in [0.3, 0.4) is 0 Å². The second-order valence-corrected chi connectivity index (χ2v) is 15.0. The van der Waals surface area contributed by atoms with Crippen LogP contribution in [0, 0.1) is 6.92 Å². The molecular weight excluding hydrogens is 729 g/mol. The van der Waals surface area contributed by atoms with E-state index < -0.39 is 39.0 Å². The van der Waals surface area contributed by atoms with Gasteiger partial charge in [-0.15, -0.1) is 0 Å². The van der Waals surface area contributed by atoms with Gasteiger partial charge < -0.3 is 33.9 Å². The van der Waals surface area contributed by atoms with Crippen LogP contribution in [0.5, 0.6) is 11.5 Å². The zero-order chi connectivity index (χ0) is 38.7. The van der Waals surface area contributed by atoms with Gasteiger partial charge in [-0.1, -0.05) is 45.1 Å². The van der Waals surface area contributed by atoms with Crippen LogP contribution >= 0.6 is 7.82 Å². The molecule has 15 nitrogen and oxygen atoms in total. The second-order valence-electron chi connectivity index (χ2n) is 13.6. The Labute approximate surface area is 316 Å². The van der Waals surface area contributed by atoms with Crippen molar-refractivity contribution in [2.24, 2.45) is 0 Å². The number of aliphatic hydroxyl groups is 2. The summed E-state index contributed by atoms with van der Waals surface area (Å²) in [4.78, 5) is 36.1. The largest absolute Gasteiger partial charge is 0.527 e. The molecule has 1 fully saturated rings. The monoisotopic (exact) mass is 773 g/mol. The Hall–Kier alpha value is -4.89. The Morgan fingerprint density at radius 1 is 0.927 bits per heavy atom. The van der Waals surface area contributed by atoms with Gasteiger partial charge in [-0.2, -0.15) is 0 Å². The maximum atomic E-state index is 13.2. The van der Waals surface area contributed by atoms with Crippen LogP contribution in [0.1, 0.15) is 57.2 Å². The molecule has 1 saturated heterocycles. The number of aromatic nitrogens is 4. The summed E-state index contributed by atoms with van der Waals surface area (Å²) in [5.74, 6) is 1.51. The quantitative estimate of drug-likeness (QED) is 0.0465. The predicted molar refractivity (Wildman–Crippen MR) is 205 cm³/mol.